The van der Waals surface area contributed by atoms with Gasteiger partial charge in [0.2, 0.25) is 10.0 Å². The Morgan fingerprint density at radius 1 is 1.09 bits per heavy atom. The Morgan fingerprint density at radius 2 is 1.91 bits per heavy atom. The van der Waals surface area contributed by atoms with Crippen molar-refractivity contribution in [2.24, 2.45) is 5.92 Å². The zero-order valence-electron chi connectivity index (χ0n) is 13.5. The third-order valence-corrected chi connectivity index (χ3v) is 6.81. The summed E-state index contributed by atoms with van der Waals surface area (Å²) in [5, 5.41) is 0. The van der Waals surface area contributed by atoms with Gasteiger partial charge < -0.3 is 9.64 Å². The van der Waals surface area contributed by atoms with Gasteiger partial charge in [-0.25, -0.2) is 13.1 Å². The van der Waals surface area contributed by atoms with Gasteiger partial charge in [0.05, 0.1) is 11.9 Å². The van der Waals surface area contributed by atoms with E-state index < -0.39 is 10.0 Å². The molecular weight excluding hydrogens is 300 g/mol. The van der Waals surface area contributed by atoms with Gasteiger partial charge in [-0.3, -0.25) is 0 Å². The molecule has 3 rings (SSSR count). The maximum absolute atomic E-state index is 12.2. The Kier molecular flexibility index (Phi) is 5.76. The molecule has 0 bridgehead atoms. The molecule has 3 aliphatic rings. The van der Waals surface area contributed by atoms with Gasteiger partial charge in [0.25, 0.3) is 0 Å². The van der Waals surface area contributed by atoms with Gasteiger partial charge in [-0.2, -0.15) is 0 Å². The average Bonchev–Trinajstić information content (AvgIpc) is 3.19. The Morgan fingerprint density at radius 3 is 2.64 bits per heavy atom. The molecule has 1 N–H and O–H groups in total. The van der Waals surface area contributed by atoms with Crippen LogP contribution in [0, 0.1) is 5.92 Å². The zero-order valence-corrected chi connectivity index (χ0v) is 14.3. The summed E-state index contributed by atoms with van der Waals surface area (Å²) in [5.74, 6) is 1.05. The molecule has 0 amide bonds. The summed E-state index contributed by atoms with van der Waals surface area (Å²) >= 11 is 0. The van der Waals surface area contributed by atoms with Crippen molar-refractivity contribution in [3.05, 3.63) is 0 Å². The van der Waals surface area contributed by atoms with Crippen LogP contribution in [0.15, 0.2) is 0 Å². The SMILES string of the molecule is O=S(=O)(CC[C@H]1CCCO1)N[C@@H]1CCN(CC2CCCC2)C1. The highest BCUT2D eigenvalue weighted by Crippen LogP contribution is 2.26. The number of likely N-dealkylation sites (tertiary alicyclic amines) is 1. The van der Waals surface area contributed by atoms with Crippen molar-refractivity contribution in [2.75, 3.05) is 32.0 Å². The Bertz CT molecular complexity index is 442. The maximum atomic E-state index is 12.2. The van der Waals surface area contributed by atoms with Crippen LogP contribution >= 0.6 is 0 Å². The number of ether oxygens (including phenoxy) is 1. The predicted octanol–water partition coefficient (Wildman–Crippen LogP) is 1.74. The van der Waals surface area contributed by atoms with Gasteiger partial charge in [-0.05, 0) is 51.0 Å². The number of nitrogens with one attached hydrogen (secondary N) is 1. The second-order valence-corrected chi connectivity index (χ2v) is 9.13. The lowest BCUT2D eigenvalue weighted by Crippen LogP contribution is -2.39. The molecule has 2 saturated heterocycles. The van der Waals surface area contributed by atoms with E-state index in [0.717, 1.165) is 51.4 Å². The van der Waals surface area contributed by atoms with E-state index in [9.17, 15) is 8.42 Å². The predicted molar refractivity (Wildman–Crippen MR) is 87.3 cm³/mol. The minimum Gasteiger partial charge on any atom is -0.378 e. The monoisotopic (exact) mass is 330 g/mol. The van der Waals surface area contributed by atoms with Crippen LogP contribution in [-0.4, -0.2) is 57.5 Å². The van der Waals surface area contributed by atoms with E-state index >= 15 is 0 Å². The van der Waals surface area contributed by atoms with Gasteiger partial charge in [0, 0.05) is 25.7 Å². The van der Waals surface area contributed by atoms with Crippen LogP contribution in [-0.2, 0) is 14.8 Å². The molecule has 0 spiro atoms. The third kappa shape index (κ3) is 4.91. The molecule has 2 heterocycles. The number of nitrogens with zero attached hydrogens (tertiary/aromatic N) is 1. The topological polar surface area (TPSA) is 58.6 Å². The van der Waals surface area contributed by atoms with E-state index in [1.165, 1.54) is 25.7 Å². The largest absolute Gasteiger partial charge is 0.378 e. The second-order valence-electron chi connectivity index (χ2n) is 7.26. The van der Waals surface area contributed by atoms with Crippen LogP contribution in [0.2, 0.25) is 0 Å². The summed E-state index contributed by atoms with van der Waals surface area (Å²) in [4.78, 5) is 2.45. The quantitative estimate of drug-likeness (QED) is 0.772. The molecule has 1 saturated carbocycles. The smallest absolute Gasteiger partial charge is 0.211 e. The van der Waals surface area contributed by atoms with Gasteiger partial charge >= 0.3 is 0 Å². The molecule has 0 radical (unpaired) electrons. The molecule has 0 aromatic rings. The first kappa shape index (κ1) is 16.7. The number of hydrogen-bond acceptors (Lipinski definition) is 4. The minimum absolute atomic E-state index is 0.107. The summed E-state index contributed by atoms with van der Waals surface area (Å²) in [6, 6.07) is 0.107. The Labute approximate surface area is 134 Å². The molecule has 128 valence electrons. The van der Waals surface area contributed by atoms with E-state index in [4.69, 9.17) is 4.74 Å². The molecule has 0 aromatic carbocycles. The molecule has 2 atom stereocenters. The van der Waals surface area contributed by atoms with Crippen LogP contribution in [0.5, 0.6) is 0 Å². The van der Waals surface area contributed by atoms with Crippen LogP contribution in [0.4, 0.5) is 0 Å². The first-order valence-electron chi connectivity index (χ1n) is 8.95. The van der Waals surface area contributed by atoms with E-state index in [1.807, 2.05) is 0 Å². The first-order chi connectivity index (χ1) is 10.6. The average molecular weight is 330 g/mol. The fraction of sp³-hybridized carbons (Fsp3) is 1.00. The molecular formula is C16H30N2O3S. The lowest BCUT2D eigenvalue weighted by atomic mass is 10.1. The van der Waals surface area contributed by atoms with Gasteiger partial charge in [-0.1, -0.05) is 12.8 Å². The van der Waals surface area contributed by atoms with E-state index in [1.54, 1.807) is 0 Å². The highest BCUT2D eigenvalue weighted by Gasteiger charge is 2.29. The van der Waals surface area contributed by atoms with Crippen molar-refractivity contribution in [1.82, 2.24) is 9.62 Å². The lowest BCUT2D eigenvalue weighted by molar-refractivity contribution is 0.108. The summed E-state index contributed by atoms with van der Waals surface area (Å²) in [5.41, 5.74) is 0. The summed E-state index contributed by atoms with van der Waals surface area (Å²) in [6.45, 7) is 3.87. The first-order valence-corrected chi connectivity index (χ1v) is 10.6. The third-order valence-electron chi connectivity index (χ3n) is 5.34. The van der Waals surface area contributed by atoms with Crippen LogP contribution in [0.25, 0.3) is 0 Å². The van der Waals surface area contributed by atoms with Crippen molar-refractivity contribution < 1.29 is 13.2 Å². The summed E-state index contributed by atoms with van der Waals surface area (Å²) in [7, 11) is -3.16. The number of sulfonamides is 1. The van der Waals surface area contributed by atoms with Crippen molar-refractivity contribution in [1.29, 1.82) is 0 Å². The second kappa shape index (κ2) is 7.60. The minimum atomic E-state index is -3.16. The molecule has 5 nitrogen and oxygen atoms in total. The highest BCUT2D eigenvalue weighted by molar-refractivity contribution is 7.89. The fourth-order valence-corrected chi connectivity index (χ4v) is 5.52. The standard InChI is InChI=1S/C16H30N2O3S/c19-22(20,11-8-16-6-3-10-21-16)17-15-7-9-18(13-15)12-14-4-1-2-5-14/h14-17H,1-13H2/t15-,16-/m1/s1. The van der Waals surface area contributed by atoms with E-state index in [2.05, 4.69) is 9.62 Å². The number of hydrogen-bond donors (Lipinski definition) is 1. The summed E-state index contributed by atoms with van der Waals surface area (Å²) < 4.78 is 32.8. The van der Waals surface area contributed by atoms with Gasteiger partial charge in [0.1, 0.15) is 0 Å². The highest BCUT2D eigenvalue weighted by atomic mass is 32.2. The fourth-order valence-electron chi connectivity index (χ4n) is 4.12. The molecule has 22 heavy (non-hydrogen) atoms. The van der Waals surface area contributed by atoms with Crippen molar-refractivity contribution >= 4 is 10.0 Å². The maximum Gasteiger partial charge on any atom is 0.211 e. The van der Waals surface area contributed by atoms with Crippen molar-refractivity contribution in [3.8, 4) is 0 Å². The molecule has 1 aliphatic carbocycles. The van der Waals surface area contributed by atoms with E-state index in [-0.39, 0.29) is 17.9 Å². The number of rotatable bonds is 7. The van der Waals surface area contributed by atoms with Crippen LogP contribution in [0.1, 0.15) is 51.4 Å². The van der Waals surface area contributed by atoms with Crippen LogP contribution in [0.3, 0.4) is 0 Å². The Balaban J connectivity index is 1.38. The summed E-state index contributed by atoms with van der Waals surface area (Å²) in [6.07, 6.45) is 9.27. The molecule has 0 unspecified atom stereocenters. The van der Waals surface area contributed by atoms with E-state index in [0.29, 0.717) is 6.42 Å². The van der Waals surface area contributed by atoms with Gasteiger partial charge in [-0.15, -0.1) is 0 Å². The lowest BCUT2D eigenvalue weighted by Gasteiger charge is -2.20. The normalized spacial score (nSPS) is 31.3. The van der Waals surface area contributed by atoms with Crippen molar-refractivity contribution in [2.45, 2.75) is 63.5 Å². The molecule has 3 fully saturated rings. The molecule has 6 heteroatoms. The molecule has 2 aliphatic heterocycles. The zero-order chi connectivity index (χ0) is 15.4. The molecule has 0 aromatic heterocycles. The Hall–Kier alpha value is -0.170. The van der Waals surface area contributed by atoms with Gasteiger partial charge in [0.15, 0.2) is 0 Å². The van der Waals surface area contributed by atoms with Crippen LogP contribution < -0.4 is 4.72 Å². The van der Waals surface area contributed by atoms with Crippen molar-refractivity contribution in [3.63, 3.8) is 0 Å².